The molecule has 0 fully saturated rings. The van der Waals surface area contributed by atoms with Gasteiger partial charge in [0.15, 0.2) is 0 Å². The maximum Gasteiger partial charge on any atom is 0.307 e. The zero-order valence-electron chi connectivity index (χ0n) is 12.8. The molecule has 0 N–H and O–H groups in total. The van der Waals surface area contributed by atoms with Gasteiger partial charge in [-0.1, -0.05) is 6.07 Å². The molecule has 0 aliphatic rings. The van der Waals surface area contributed by atoms with E-state index in [0.717, 1.165) is 5.56 Å². The lowest BCUT2D eigenvalue weighted by Crippen LogP contribution is -2.16. The van der Waals surface area contributed by atoms with Gasteiger partial charge in [-0.25, -0.2) is 4.98 Å². The van der Waals surface area contributed by atoms with E-state index in [0.29, 0.717) is 11.0 Å². The van der Waals surface area contributed by atoms with E-state index in [1.165, 1.54) is 19.2 Å². The number of ether oxygens (including phenoxy) is 1. The van der Waals surface area contributed by atoms with Crippen LogP contribution in [0, 0.1) is 10.1 Å². The lowest BCUT2D eigenvalue weighted by molar-refractivity contribution is -0.384. The Morgan fingerprint density at radius 3 is 2.92 bits per heavy atom. The van der Waals surface area contributed by atoms with Gasteiger partial charge in [0.1, 0.15) is 0 Å². The van der Waals surface area contributed by atoms with E-state index < -0.39 is 4.92 Å². The molecular weight excluding hydrogens is 312 g/mol. The number of nitro groups is 1. The number of aromatic nitrogens is 3. The molecule has 0 bridgehead atoms. The van der Waals surface area contributed by atoms with Gasteiger partial charge in [0.05, 0.1) is 41.9 Å². The third-order valence-corrected chi connectivity index (χ3v) is 3.76. The summed E-state index contributed by atoms with van der Waals surface area (Å²) in [5.41, 5.74) is 1.97. The zero-order valence-corrected chi connectivity index (χ0v) is 12.8. The van der Waals surface area contributed by atoms with E-state index in [1.807, 2.05) is 6.07 Å². The van der Waals surface area contributed by atoms with Gasteiger partial charge in [-0.15, -0.1) is 0 Å². The molecule has 0 spiro atoms. The van der Waals surface area contributed by atoms with Crippen molar-refractivity contribution in [3.8, 4) is 0 Å². The normalized spacial score (nSPS) is 12.0. The topological polar surface area (TPSA) is 100 Å². The molecule has 2 aromatic heterocycles. The summed E-state index contributed by atoms with van der Waals surface area (Å²) >= 11 is 0. The van der Waals surface area contributed by atoms with Gasteiger partial charge in [-0.05, 0) is 17.7 Å². The van der Waals surface area contributed by atoms with Crippen molar-refractivity contribution in [2.24, 2.45) is 0 Å². The molecule has 1 unspecified atom stereocenters. The molecule has 24 heavy (non-hydrogen) atoms. The molecule has 2 heterocycles. The smallest absolute Gasteiger partial charge is 0.307 e. The van der Waals surface area contributed by atoms with Crippen LogP contribution in [0.1, 0.15) is 18.0 Å². The molecular formula is C16H14N4O4. The molecule has 0 amide bonds. The van der Waals surface area contributed by atoms with Crippen molar-refractivity contribution in [3.05, 3.63) is 64.7 Å². The minimum atomic E-state index is -0.467. The maximum absolute atomic E-state index is 11.8. The Labute approximate surface area is 136 Å². The van der Waals surface area contributed by atoms with Crippen LogP contribution in [0.4, 0.5) is 5.69 Å². The zero-order chi connectivity index (χ0) is 17.1. The molecule has 8 heteroatoms. The number of fused-ring (bicyclic) bond motifs is 1. The first-order valence-electron chi connectivity index (χ1n) is 7.18. The predicted molar refractivity (Wildman–Crippen MR) is 85.4 cm³/mol. The largest absolute Gasteiger partial charge is 0.469 e. The number of methoxy groups -OCH3 is 1. The number of pyridine rings is 1. The summed E-state index contributed by atoms with van der Waals surface area (Å²) in [5.74, 6) is -0.368. The molecule has 1 atom stereocenters. The van der Waals surface area contributed by atoms with Crippen LogP contribution in [0.2, 0.25) is 0 Å². The van der Waals surface area contributed by atoms with Crippen LogP contribution in [-0.4, -0.2) is 32.5 Å². The molecule has 3 aromatic rings. The van der Waals surface area contributed by atoms with Gasteiger partial charge < -0.3 is 9.30 Å². The number of imidazole rings is 1. The summed E-state index contributed by atoms with van der Waals surface area (Å²) < 4.78 is 6.58. The molecule has 1 aromatic carbocycles. The number of carbonyl (C=O) groups excluding carboxylic acids is 1. The molecule has 0 radical (unpaired) electrons. The van der Waals surface area contributed by atoms with Gasteiger partial charge in [0.25, 0.3) is 5.69 Å². The SMILES string of the molecule is COC(=O)CC(c1cccnc1)n1cnc2cc([N+](=O)[O-])ccc21. The lowest BCUT2D eigenvalue weighted by Gasteiger charge is -2.18. The second kappa shape index (κ2) is 6.45. The first kappa shape index (κ1) is 15.6. The highest BCUT2D eigenvalue weighted by Crippen LogP contribution is 2.28. The Hall–Kier alpha value is -3.29. The molecule has 0 aliphatic heterocycles. The van der Waals surface area contributed by atoms with Gasteiger partial charge in [0.2, 0.25) is 0 Å². The lowest BCUT2D eigenvalue weighted by atomic mass is 10.1. The van der Waals surface area contributed by atoms with Crippen LogP contribution >= 0.6 is 0 Å². The molecule has 0 aliphatic carbocycles. The van der Waals surface area contributed by atoms with Gasteiger partial charge >= 0.3 is 5.97 Å². The fourth-order valence-electron chi connectivity index (χ4n) is 2.57. The molecule has 0 saturated heterocycles. The number of non-ortho nitro benzene ring substituents is 1. The van der Waals surface area contributed by atoms with E-state index in [4.69, 9.17) is 4.74 Å². The van der Waals surface area contributed by atoms with E-state index in [1.54, 1.807) is 35.4 Å². The van der Waals surface area contributed by atoms with Gasteiger partial charge in [0, 0.05) is 24.5 Å². The number of esters is 1. The summed E-state index contributed by atoms with van der Waals surface area (Å²) in [7, 11) is 1.33. The summed E-state index contributed by atoms with van der Waals surface area (Å²) in [5, 5.41) is 10.9. The van der Waals surface area contributed by atoms with Crippen molar-refractivity contribution in [2.75, 3.05) is 7.11 Å². The van der Waals surface area contributed by atoms with Crippen molar-refractivity contribution in [1.29, 1.82) is 0 Å². The number of rotatable bonds is 5. The Balaban J connectivity index is 2.09. The summed E-state index contributed by atoms with van der Waals surface area (Å²) in [6.07, 6.45) is 4.98. The number of hydrogen-bond acceptors (Lipinski definition) is 6. The third-order valence-electron chi connectivity index (χ3n) is 3.76. The minimum Gasteiger partial charge on any atom is -0.469 e. The molecule has 8 nitrogen and oxygen atoms in total. The first-order chi connectivity index (χ1) is 11.6. The van der Waals surface area contributed by atoms with Crippen molar-refractivity contribution in [2.45, 2.75) is 12.5 Å². The first-order valence-corrected chi connectivity index (χ1v) is 7.18. The molecule has 122 valence electrons. The molecule has 0 saturated carbocycles. The van der Waals surface area contributed by atoms with Crippen LogP contribution in [-0.2, 0) is 9.53 Å². The van der Waals surface area contributed by atoms with Gasteiger partial charge in [-0.2, -0.15) is 0 Å². The van der Waals surface area contributed by atoms with E-state index in [-0.39, 0.29) is 24.1 Å². The van der Waals surface area contributed by atoms with Crippen LogP contribution in [0.25, 0.3) is 11.0 Å². The standard InChI is InChI=1S/C16H14N4O4/c1-24-16(21)8-15(11-3-2-6-17-9-11)19-10-18-13-7-12(20(22)23)4-5-14(13)19/h2-7,9-10,15H,8H2,1H3. The maximum atomic E-state index is 11.8. The molecule has 3 rings (SSSR count). The Morgan fingerprint density at radius 1 is 1.42 bits per heavy atom. The third kappa shape index (κ3) is 2.94. The second-order valence-corrected chi connectivity index (χ2v) is 5.16. The quantitative estimate of drug-likeness (QED) is 0.406. The summed E-state index contributed by atoms with van der Waals surface area (Å²) in [4.78, 5) is 30.5. The summed E-state index contributed by atoms with van der Waals surface area (Å²) in [6.45, 7) is 0. The second-order valence-electron chi connectivity index (χ2n) is 5.16. The monoisotopic (exact) mass is 326 g/mol. The van der Waals surface area contributed by atoms with Crippen LogP contribution in [0.15, 0.2) is 49.1 Å². The van der Waals surface area contributed by atoms with Crippen molar-refractivity contribution in [1.82, 2.24) is 14.5 Å². The van der Waals surface area contributed by atoms with Crippen LogP contribution in [0.3, 0.4) is 0 Å². The van der Waals surface area contributed by atoms with Crippen molar-refractivity contribution < 1.29 is 14.5 Å². The van der Waals surface area contributed by atoms with Crippen molar-refractivity contribution in [3.63, 3.8) is 0 Å². The highest BCUT2D eigenvalue weighted by Gasteiger charge is 2.21. The Kier molecular flexibility index (Phi) is 4.19. The number of carbonyl (C=O) groups is 1. The van der Waals surface area contributed by atoms with Crippen LogP contribution < -0.4 is 0 Å². The minimum absolute atomic E-state index is 0.0290. The van der Waals surface area contributed by atoms with E-state index in [2.05, 4.69) is 9.97 Å². The predicted octanol–water partition coefficient (Wildman–Crippen LogP) is 2.49. The Bertz CT molecular complexity index is 891. The summed E-state index contributed by atoms with van der Waals surface area (Å²) in [6, 6.07) is 7.73. The number of benzene rings is 1. The van der Waals surface area contributed by atoms with E-state index in [9.17, 15) is 14.9 Å². The fourth-order valence-corrected chi connectivity index (χ4v) is 2.57. The Morgan fingerprint density at radius 2 is 2.25 bits per heavy atom. The van der Waals surface area contributed by atoms with Crippen LogP contribution in [0.5, 0.6) is 0 Å². The fraction of sp³-hybridized carbons (Fsp3) is 0.188. The number of nitro benzene ring substituents is 1. The number of hydrogen-bond donors (Lipinski definition) is 0. The highest BCUT2D eigenvalue weighted by atomic mass is 16.6. The average molecular weight is 326 g/mol. The highest BCUT2D eigenvalue weighted by molar-refractivity contribution is 5.79. The average Bonchev–Trinajstić information content (AvgIpc) is 3.03. The van der Waals surface area contributed by atoms with Gasteiger partial charge in [-0.3, -0.25) is 19.9 Å². The van der Waals surface area contributed by atoms with Crippen molar-refractivity contribution >= 4 is 22.7 Å². The number of nitrogens with zero attached hydrogens (tertiary/aromatic N) is 4. The van der Waals surface area contributed by atoms with E-state index >= 15 is 0 Å².